The van der Waals surface area contributed by atoms with E-state index in [-0.39, 0.29) is 0 Å². The molecule has 0 saturated heterocycles. The molecule has 23 heavy (non-hydrogen) atoms. The van der Waals surface area contributed by atoms with Gasteiger partial charge in [-0.05, 0) is 29.5 Å². The second-order valence-electron chi connectivity index (χ2n) is 5.63. The van der Waals surface area contributed by atoms with E-state index in [9.17, 15) is 0 Å². The van der Waals surface area contributed by atoms with Gasteiger partial charge in [-0.25, -0.2) is 0 Å². The summed E-state index contributed by atoms with van der Waals surface area (Å²) >= 11 is 1.96. The summed E-state index contributed by atoms with van der Waals surface area (Å²) in [6, 6.07) is 32.2. The standard InChI is InChI=1S/C21H18NS/c1-4-10-17(11-5-1)20-16-22(19-14-8-3-9-15-19)21(23-20)18-12-6-2-7-13-18/h1-15,20H,16H2/q+1. The summed E-state index contributed by atoms with van der Waals surface area (Å²) in [5, 5.41) is 1.80. The fourth-order valence-electron chi connectivity index (χ4n) is 2.96. The topological polar surface area (TPSA) is 3.01 Å². The smallest absolute Gasteiger partial charge is 0.185 e. The summed E-state index contributed by atoms with van der Waals surface area (Å²) in [5.41, 5.74) is 3.95. The van der Waals surface area contributed by atoms with E-state index < -0.39 is 0 Å². The van der Waals surface area contributed by atoms with Crippen LogP contribution in [0.4, 0.5) is 5.69 Å². The van der Waals surface area contributed by atoms with Crippen molar-refractivity contribution in [2.75, 3.05) is 6.54 Å². The summed E-state index contributed by atoms with van der Waals surface area (Å²) in [4.78, 5) is 0. The van der Waals surface area contributed by atoms with Crippen molar-refractivity contribution < 1.29 is 4.58 Å². The highest BCUT2D eigenvalue weighted by Gasteiger charge is 2.35. The molecule has 4 rings (SSSR count). The van der Waals surface area contributed by atoms with Gasteiger partial charge in [0, 0.05) is 12.1 Å². The van der Waals surface area contributed by atoms with Gasteiger partial charge in [0.15, 0.2) is 6.54 Å². The zero-order valence-corrected chi connectivity index (χ0v) is 13.6. The van der Waals surface area contributed by atoms with E-state index >= 15 is 0 Å². The molecular weight excluding hydrogens is 298 g/mol. The highest BCUT2D eigenvalue weighted by atomic mass is 32.2. The number of hydrogen-bond acceptors (Lipinski definition) is 1. The van der Waals surface area contributed by atoms with Crippen molar-refractivity contribution in [3.05, 3.63) is 102 Å². The second-order valence-corrected chi connectivity index (χ2v) is 6.83. The molecule has 0 aromatic heterocycles. The third-order valence-electron chi connectivity index (χ3n) is 4.11. The average molecular weight is 316 g/mol. The molecule has 0 saturated carbocycles. The zero-order chi connectivity index (χ0) is 15.5. The van der Waals surface area contributed by atoms with Gasteiger partial charge in [-0.3, -0.25) is 0 Å². The van der Waals surface area contributed by atoms with E-state index in [1.165, 1.54) is 21.9 Å². The molecule has 0 bridgehead atoms. The van der Waals surface area contributed by atoms with Gasteiger partial charge in [-0.1, -0.05) is 66.7 Å². The molecule has 1 aliphatic rings. The van der Waals surface area contributed by atoms with Crippen molar-refractivity contribution in [2.45, 2.75) is 5.25 Å². The third-order valence-corrected chi connectivity index (χ3v) is 5.49. The lowest BCUT2D eigenvalue weighted by atomic mass is 10.1. The number of benzene rings is 3. The minimum atomic E-state index is 0.464. The van der Waals surface area contributed by atoms with E-state index in [1.54, 1.807) is 0 Å². The van der Waals surface area contributed by atoms with Gasteiger partial charge < -0.3 is 0 Å². The Hall–Kier alpha value is -2.32. The lowest BCUT2D eigenvalue weighted by molar-refractivity contribution is -0.433. The lowest BCUT2D eigenvalue weighted by Gasteiger charge is -2.05. The molecule has 2 heteroatoms. The van der Waals surface area contributed by atoms with E-state index in [4.69, 9.17) is 0 Å². The Morgan fingerprint density at radius 2 is 1.26 bits per heavy atom. The first-order valence-electron chi connectivity index (χ1n) is 7.88. The Morgan fingerprint density at radius 1 is 0.696 bits per heavy atom. The molecule has 0 aliphatic carbocycles. The van der Waals surface area contributed by atoms with Crippen molar-refractivity contribution in [1.29, 1.82) is 0 Å². The molecule has 0 amide bonds. The first-order valence-corrected chi connectivity index (χ1v) is 8.76. The lowest BCUT2D eigenvalue weighted by Crippen LogP contribution is -2.10. The molecule has 3 aromatic rings. The maximum Gasteiger partial charge on any atom is 0.248 e. The van der Waals surface area contributed by atoms with Gasteiger partial charge in [-0.15, -0.1) is 0 Å². The van der Waals surface area contributed by atoms with Crippen molar-refractivity contribution in [1.82, 2.24) is 0 Å². The second kappa shape index (κ2) is 6.43. The molecule has 1 unspecified atom stereocenters. The maximum atomic E-state index is 2.44. The van der Waals surface area contributed by atoms with Gasteiger partial charge in [0.25, 0.3) is 0 Å². The van der Waals surface area contributed by atoms with Crippen molar-refractivity contribution >= 4 is 22.5 Å². The van der Waals surface area contributed by atoms with Crippen LogP contribution in [-0.4, -0.2) is 16.2 Å². The monoisotopic (exact) mass is 316 g/mol. The molecule has 1 atom stereocenters. The number of rotatable bonds is 3. The van der Waals surface area contributed by atoms with Gasteiger partial charge in [0.1, 0.15) is 0 Å². The summed E-state index contributed by atoms with van der Waals surface area (Å²) in [7, 11) is 0. The predicted molar refractivity (Wildman–Crippen MR) is 98.6 cm³/mol. The van der Waals surface area contributed by atoms with Gasteiger partial charge in [-0.2, -0.15) is 4.58 Å². The maximum absolute atomic E-state index is 2.44. The first-order chi connectivity index (χ1) is 11.4. The quantitative estimate of drug-likeness (QED) is 0.595. The molecule has 1 nitrogen and oxygen atoms in total. The number of thioether (sulfide) groups is 1. The van der Waals surface area contributed by atoms with Crippen LogP contribution in [0, 0.1) is 0 Å². The van der Waals surface area contributed by atoms with E-state index in [2.05, 4.69) is 95.6 Å². The Morgan fingerprint density at radius 3 is 1.91 bits per heavy atom. The van der Waals surface area contributed by atoms with Crippen LogP contribution in [-0.2, 0) is 0 Å². The van der Waals surface area contributed by atoms with E-state index in [0.29, 0.717) is 5.25 Å². The Bertz CT molecular complexity index is 759. The molecule has 112 valence electrons. The summed E-state index contributed by atoms with van der Waals surface area (Å²) in [5.74, 6) is 0. The van der Waals surface area contributed by atoms with Crippen LogP contribution in [0.1, 0.15) is 16.4 Å². The van der Waals surface area contributed by atoms with Crippen LogP contribution in [0.25, 0.3) is 0 Å². The van der Waals surface area contributed by atoms with Crippen LogP contribution in [0.3, 0.4) is 0 Å². The van der Waals surface area contributed by atoms with Crippen molar-refractivity contribution in [3.63, 3.8) is 0 Å². The largest absolute Gasteiger partial charge is 0.248 e. The number of para-hydroxylation sites is 1. The fourth-order valence-corrected chi connectivity index (χ4v) is 4.33. The van der Waals surface area contributed by atoms with Crippen molar-refractivity contribution in [3.8, 4) is 0 Å². The first kappa shape index (κ1) is 14.3. The van der Waals surface area contributed by atoms with Gasteiger partial charge >= 0.3 is 0 Å². The number of nitrogens with zero attached hydrogens (tertiary/aromatic N) is 1. The Labute approximate surface area is 141 Å². The predicted octanol–water partition coefficient (Wildman–Crippen LogP) is 5.27. The minimum absolute atomic E-state index is 0.464. The molecule has 0 fully saturated rings. The molecule has 3 aromatic carbocycles. The highest BCUT2D eigenvalue weighted by Crippen LogP contribution is 2.39. The van der Waals surface area contributed by atoms with E-state index in [0.717, 1.165) is 6.54 Å². The summed E-state index contributed by atoms with van der Waals surface area (Å²) < 4.78 is 2.44. The average Bonchev–Trinajstić information content (AvgIpc) is 3.09. The normalized spacial score (nSPS) is 17.5. The summed E-state index contributed by atoms with van der Waals surface area (Å²) in [6.07, 6.45) is 0. The molecule has 0 N–H and O–H groups in total. The minimum Gasteiger partial charge on any atom is -0.185 e. The molecule has 1 aliphatic heterocycles. The van der Waals surface area contributed by atoms with Crippen LogP contribution in [0.15, 0.2) is 91.0 Å². The SMILES string of the molecule is c1ccc(C2=[N+](c3ccccc3)CC(c3ccccc3)S2)cc1. The molecular formula is C21H18NS+. The number of hydrogen-bond donors (Lipinski definition) is 0. The van der Waals surface area contributed by atoms with Gasteiger partial charge in [0.2, 0.25) is 10.7 Å². The summed E-state index contributed by atoms with van der Waals surface area (Å²) in [6.45, 7) is 1.00. The third kappa shape index (κ3) is 2.95. The molecule has 1 heterocycles. The van der Waals surface area contributed by atoms with Crippen LogP contribution >= 0.6 is 11.8 Å². The van der Waals surface area contributed by atoms with Crippen LogP contribution in [0.2, 0.25) is 0 Å². The van der Waals surface area contributed by atoms with Crippen LogP contribution < -0.4 is 0 Å². The molecule has 0 radical (unpaired) electrons. The highest BCUT2D eigenvalue weighted by molar-refractivity contribution is 8.14. The molecule has 0 spiro atoms. The van der Waals surface area contributed by atoms with Crippen LogP contribution in [0.5, 0.6) is 0 Å². The zero-order valence-electron chi connectivity index (χ0n) is 12.8. The fraction of sp³-hybridized carbons (Fsp3) is 0.0952. The Balaban J connectivity index is 1.76. The van der Waals surface area contributed by atoms with E-state index in [1.807, 2.05) is 11.8 Å². The van der Waals surface area contributed by atoms with Gasteiger partial charge in [0.05, 0.1) is 10.8 Å². The Kier molecular flexibility index (Phi) is 3.99. The van der Waals surface area contributed by atoms with Crippen molar-refractivity contribution in [2.24, 2.45) is 0 Å².